The van der Waals surface area contributed by atoms with E-state index in [1.165, 1.54) is 0 Å². The maximum absolute atomic E-state index is 11.1. The Morgan fingerprint density at radius 2 is 1.73 bits per heavy atom. The topological polar surface area (TPSA) is 48.2 Å². The van der Waals surface area contributed by atoms with E-state index >= 15 is 0 Å². The normalized spacial score (nSPS) is 21.9. The van der Waals surface area contributed by atoms with Gasteiger partial charge in [0, 0.05) is 5.25 Å². The van der Waals surface area contributed by atoms with Crippen LogP contribution in [0.5, 0.6) is 0 Å². The van der Waals surface area contributed by atoms with Crippen molar-refractivity contribution >= 4 is 21.8 Å². The Balaban J connectivity index is 2.58. The van der Waals surface area contributed by atoms with Gasteiger partial charge in [-0.25, -0.2) is 8.42 Å². The summed E-state index contributed by atoms with van der Waals surface area (Å²) >= 11 is 4.96. The molecule has 0 amide bonds. The van der Waals surface area contributed by atoms with Crippen molar-refractivity contribution in [2.75, 3.05) is 0 Å². The van der Waals surface area contributed by atoms with Gasteiger partial charge >= 0.3 is 0 Å². The molecule has 1 aliphatic carbocycles. The Morgan fingerprint density at radius 1 is 1.18 bits per heavy atom. The lowest BCUT2D eigenvalue weighted by Crippen LogP contribution is -2.21. The molecule has 3 nitrogen and oxygen atoms in total. The van der Waals surface area contributed by atoms with E-state index < -0.39 is 10.0 Å². The van der Waals surface area contributed by atoms with Crippen LogP contribution in [0.1, 0.15) is 32.1 Å². The van der Waals surface area contributed by atoms with Crippen molar-refractivity contribution in [3.05, 3.63) is 4.24 Å². The number of rotatable bonds is 2. The summed E-state index contributed by atoms with van der Waals surface area (Å²) in [6.07, 6.45) is 4.54. The summed E-state index contributed by atoms with van der Waals surface area (Å²) in [5.74, 6) is 0. The first-order valence-electron chi connectivity index (χ1n) is 3.74. The molecule has 0 aromatic heterocycles. The molecule has 0 radical (unpaired) electrons. The summed E-state index contributed by atoms with van der Waals surface area (Å²) in [6.45, 7) is 0. The van der Waals surface area contributed by atoms with Crippen LogP contribution in [0.3, 0.4) is 0 Å². The maximum atomic E-state index is 11.1. The summed E-state index contributed by atoms with van der Waals surface area (Å²) in [4.78, 5) is 0. The molecule has 11 heavy (non-hydrogen) atoms. The summed E-state index contributed by atoms with van der Waals surface area (Å²) in [6, 6.07) is 0. The van der Waals surface area contributed by atoms with Gasteiger partial charge in [0.05, 0.1) is 10.0 Å². The first-order chi connectivity index (χ1) is 5.17. The summed E-state index contributed by atoms with van der Waals surface area (Å²) in [5, 5.41) is -0.311. The van der Waals surface area contributed by atoms with Crippen LogP contribution in [0.2, 0.25) is 0 Å². The van der Waals surface area contributed by atoms with Gasteiger partial charge in [0.15, 0.2) is 0 Å². The molecule has 0 N–H and O–H groups in total. The molecular weight excluding hydrogens is 186 g/mol. The van der Waals surface area contributed by atoms with E-state index in [0.717, 1.165) is 32.1 Å². The van der Waals surface area contributed by atoms with Gasteiger partial charge in [0.25, 0.3) is 0 Å². The lowest BCUT2D eigenvalue weighted by atomic mass is 10.0. The second-order valence-corrected chi connectivity index (χ2v) is 5.09. The third-order valence-electron chi connectivity index (χ3n) is 2.07. The van der Waals surface area contributed by atoms with Crippen LogP contribution in [0, 0.1) is 0 Å². The summed E-state index contributed by atoms with van der Waals surface area (Å²) in [7, 11) is -3.33. The SMILES string of the molecule is O=S(=O)([N-]Cl)C1CCCCC1. The van der Waals surface area contributed by atoms with Crippen LogP contribution in [0.4, 0.5) is 0 Å². The molecular formula is C6H11ClNO2S-. The second kappa shape index (κ2) is 3.74. The number of hydrogen-bond acceptors (Lipinski definition) is 2. The van der Waals surface area contributed by atoms with Crippen molar-refractivity contribution in [1.29, 1.82) is 0 Å². The van der Waals surface area contributed by atoms with Gasteiger partial charge in [0.1, 0.15) is 0 Å². The molecule has 1 aliphatic rings. The van der Waals surface area contributed by atoms with Crippen molar-refractivity contribution in [3.63, 3.8) is 0 Å². The first-order valence-corrected chi connectivity index (χ1v) is 5.58. The molecule has 0 unspecified atom stereocenters. The van der Waals surface area contributed by atoms with Crippen LogP contribution >= 0.6 is 11.8 Å². The van der Waals surface area contributed by atoms with Gasteiger partial charge in [-0.2, -0.15) is 0 Å². The number of halogens is 1. The van der Waals surface area contributed by atoms with E-state index in [4.69, 9.17) is 11.8 Å². The van der Waals surface area contributed by atoms with E-state index in [-0.39, 0.29) is 5.25 Å². The quantitative estimate of drug-likeness (QED) is 0.680. The molecule has 66 valence electrons. The second-order valence-electron chi connectivity index (χ2n) is 2.84. The predicted octanol–water partition coefficient (Wildman–Crippen LogP) is 2.18. The minimum absolute atomic E-state index is 0.311. The van der Waals surface area contributed by atoms with Crippen LogP contribution in [0.15, 0.2) is 0 Å². The fourth-order valence-electron chi connectivity index (χ4n) is 1.42. The van der Waals surface area contributed by atoms with Gasteiger partial charge in [-0.05, 0) is 12.8 Å². The van der Waals surface area contributed by atoms with E-state index in [2.05, 4.69) is 4.24 Å². The fraction of sp³-hybridized carbons (Fsp3) is 1.00. The lowest BCUT2D eigenvalue weighted by Gasteiger charge is -2.26. The van der Waals surface area contributed by atoms with Crippen molar-refractivity contribution in [2.24, 2.45) is 0 Å². The van der Waals surface area contributed by atoms with E-state index in [1.54, 1.807) is 0 Å². The highest BCUT2D eigenvalue weighted by atomic mass is 35.5. The zero-order valence-electron chi connectivity index (χ0n) is 6.16. The molecule has 0 heterocycles. The minimum Gasteiger partial charge on any atom is -0.462 e. The highest BCUT2D eigenvalue weighted by Gasteiger charge is 2.20. The molecule has 0 aromatic carbocycles. The number of hydrogen-bond donors (Lipinski definition) is 0. The van der Waals surface area contributed by atoms with Crippen molar-refractivity contribution in [3.8, 4) is 0 Å². The van der Waals surface area contributed by atoms with Crippen molar-refractivity contribution < 1.29 is 8.42 Å². The standard InChI is InChI=1S/C6H11ClNO2S/c7-8-11(9,10)6-4-2-1-3-5-6/h6H,1-5H2/q-1. The highest BCUT2D eigenvalue weighted by Crippen LogP contribution is 2.27. The molecule has 0 bridgehead atoms. The highest BCUT2D eigenvalue weighted by molar-refractivity contribution is 7.95. The van der Waals surface area contributed by atoms with Crippen LogP contribution < -0.4 is 0 Å². The number of sulfonamides is 1. The Labute approximate surface area is 72.3 Å². The van der Waals surface area contributed by atoms with Crippen molar-refractivity contribution in [2.45, 2.75) is 37.4 Å². The lowest BCUT2D eigenvalue weighted by molar-refractivity contribution is 0.487. The Bertz CT molecular complexity index is 209. The van der Waals surface area contributed by atoms with Gasteiger partial charge in [-0.3, -0.25) is 11.8 Å². The number of nitrogens with zero attached hydrogens (tertiary/aromatic N) is 1. The van der Waals surface area contributed by atoms with Crippen LogP contribution in [0.25, 0.3) is 4.24 Å². The Hall–Kier alpha value is 0.200. The molecule has 1 saturated carbocycles. The molecule has 0 atom stereocenters. The van der Waals surface area contributed by atoms with E-state index in [0.29, 0.717) is 0 Å². The van der Waals surface area contributed by atoms with Crippen molar-refractivity contribution in [1.82, 2.24) is 0 Å². The molecule has 0 saturated heterocycles. The van der Waals surface area contributed by atoms with Crippen LogP contribution in [-0.2, 0) is 10.0 Å². The zero-order chi connectivity index (χ0) is 8.32. The predicted molar refractivity (Wildman–Crippen MR) is 45.0 cm³/mol. The Kier molecular flexibility index (Phi) is 3.16. The molecule has 0 aromatic rings. The largest absolute Gasteiger partial charge is 0.462 e. The molecule has 1 fully saturated rings. The minimum atomic E-state index is -3.33. The Morgan fingerprint density at radius 3 is 2.18 bits per heavy atom. The van der Waals surface area contributed by atoms with Gasteiger partial charge in [-0.15, -0.1) is 0 Å². The molecule has 0 spiro atoms. The van der Waals surface area contributed by atoms with E-state index in [1.807, 2.05) is 0 Å². The zero-order valence-corrected chi connectivity index (χ0v) is 7.74. The third-order valence-corrected chi connectivity index (χ3v) is 4.15. The van der Waals surface area contributed by atoms with E-state index in [9.17, 15) is 8.42 Å². The molecule has 5 heteroatoms. The fourth-order valence-corrected chi connectivity index (χ4v) is 2.80. The molecule has 1 rings (SSSR count). The van der Waals surface area contributed by atoms with Gasteiger partial charge in [-0.1, -0.05) is 19.3 Å². The van der Waals surface area contributed by atoms with Gasteiger partial charge in [0.2, 0.25) is 0 Å². The summed E-state index contributed by atoms with van der Waals surface area (Å²) < 4.78 is 25.0. The monoisotopic (exact) mass is 196 g/mol. The summed E-state index contributed by atoms with van der Waals surface area (Å²) in [5.41, 5.74) is 0. The third kappa shape index (κ3) is 2.32. The van der Waals surface area contributed by atoms with Crippen LogP contribution in [-0.4, -0.2) is 13.7 Å². The first kappa shape index (κ1) is 9.29. The smallest absolute Gasteiger partial charge is 0.0859 e. The van der Waals surface area contributed by atoms with Gasteiger partial charge < -0.3 is 4.24 Å². The maximum Gasteiger partial charge on any atom is 0.0859 e. The average Bonchev–Trinajstić information content (AvgIpc) is 2.06. The average molecular weight is 197 g/mol. The molecule has 0 aliphatic heterocycles.